The standard InChI is InChI=1S/C23H29N3O5/c1-4-16(2)12-20(27)25-9-7-18-22(23(29)30-3)19(13-21(28)26(18)11-10-25)31-15-17-6-5-8-24-14-17/h5-6,8,13-14,16H,4,7,9-12,15H2,1-3H3/t16-/m1/s1. The third-order valence-electron chi connectivity index (χ3n) is 5.67. The second kappa shape index (κ2) is 10.2. The molecule has 2 aromatic heterocycles. The first kappa shape index (κ1) is 22.5. The second-order valence-corrected chi connectivity index (χ2v) is 7.81. The van der Waals surface area contributed by atoms with E-state index >= 15 is 0 Å². The van der Waals surface area contributed by atoms with E-state index in [0.717, 1.165) is 12.0 Å². The van der Waals surface area contributed by atoms with Gasteiger partial charge in [-0.05, 0) is 12.0 Å². The fraction of sp³-hybridized carbons (Fsp3) is 0.478. The van der Waals surface area contributed by atoms with Gasteiger partial charge in [0.15, 0.2) is 0 Å². The van der Waals surface area contributed by atoms with Crippen molar-refractivity contribution in [2.45, 2.75) is 46.3 Å². The highest BCUT2D eigenvalue weighted by atomic mass is 16.5. The Morgan fingerprint density at radius 2 is 2.06 bits per heavy atom. The van der Waals surface area contributed by atoms with Gasteiger partial charge in [0.05, 0.1) is 7.11 Å². The Kier molecular flexibility index (Phi) is 7.44. The molecule has 0 N–H and O–H groups in total. The number of amides is 1. The summed E-state index contributed by atoms with van der Waals surface area (Å²) in [5, 5.41) is 0. The molecule has 0 radical (unpaired) electrons. The van der Waals surface area contributed by atoms with Gasteiger partial charge in [-0.15, -0.1) is 0 Å². The van der Waals surface area contributed by atoms with E-state index in [-0.39, 0.29) is 29.4 Å². The molecule has 1 atom stereocenters. The van der Waals surface area contributed by atoms with Gasteiger partial charge < -0.3 is 18.9 Å². The summed E-state index contributed by atoms with van der Waals surface area (Å²) in [7, 11) is 1.30. The summed E-state index contributed by atoms with van der Waals surface area (Å²) in [5.41, 5.74) is 1.33. The number of pyridine rings is 2. The van der Waals surface area contributed by atoms with Gasteiger partial charge in [0.2, 0.25) is 5.91 Å². The first-order chi connectivity index (χ1) is 14.9. The van der Waals surface area contributed by atoms with Crippen LogP contribution in [0.5, 0.6) is 5.75 Å². The molecule has 0 unspecified atom stereocenters. The van der Waals surface area contributed by atoms with Crippen LogP contribution in [0, 0.1) is 5.92 Å². The summed E-state index contributed by atoms with van der Waals surface area (Å²) >= 11 is 0. The normalized spacial score (nSPS) is 14.4. The number of ether oxygens (including phenoxy) is 2. The highest BCUT2D eigenvalue weighted by Gasteiger charge is 2.27. The lowest BCUT2D eigenvalue weighted by Gasteiger charge is -2.21. The third kappa shape index (κ3) is 5.31. The fourth-order valence-electron chi connectivity index (χ4n) is 3.65. The lowest BCUT2D eigenvalue weighted by molar-refractivity contribution is -0.132. The maximum atomic E-state index is 12.8. The summed E-state index contributed by atoms with van der Waals surface area (Å²) in [5.74, 6) is -0.00233. The zero-order valence-electron chi connectivity index (χ0n) is 18.3. The molecule has 31 heavy (non-hydrogen) atoms. The molecule has 0 aliphatic carbocycles. The van der Waals surface area contributed by atoms with Gasteiger partial charge in [0.25, 0.3) is 5.56 Å². The highest BCUT2D eigenvalue weighted by molar-refractivity contribution is 5.93. The number of fused-ring (bicyclic) bond motifs is 1. The Morgan fingerprint density at radius 1 is 1.26 bits per heavy atom. The quantitative estimate of drug-likeness (QED) is 0.631. The Morgan fingerprint density at radius 3 is 2.74 bits per heavy atom. The average molecular weight is 428 g/mol. The van der Waals surface area contributed by atoms with Crippen LogP contribution in [0.1, 0.15) is 48.3 Å². The molecule has 3 rings (SSSR count). The van der Waals surface area contributed by atoms with Crippen molar-refractivity contribution in [1.82, 2.24) is 14.5 Å². The predicted octanol–water partition coefficient (Wildman–Crippen LogP) is 2.43. The Bertz CT molecular complexity index is 987. The number of nitrogens with zero attached hydrogens (tertiary/aromatic N) is 3. The molecule has 0 spiro atoms. The fourth-order valence-corrected chi connectivity index (χ4v) is 3.65. The summed E-state index contributed by atoms with van der Waals surface area (Å²) < 4.78 is 12.4. The number of rotatable bonds is 7. The number of carbonyl (C=O) groups excluding carboxylic acids is 2. The van der Waals surface area contributed by atoms with Crippen LogP contribution in [0.25, 0.3) is 0 Å². The molecule has 1 aliphatic rings. The van der Waals surface area contributed by atoms with Crippen molar-refractivity contribution >= 4 is 11.9 Å². The average Bonchev–Trinajstić information content (AvgIpc) is 3.01. The minimum atomic E-state index is -0.565. The Hall–Kier alpha value is -3.16. The van der Waals surface area contributed by atoms with Crippen molar-refractivity contribution in [3.63, 3.8) is 0 Å². The molecule has 8 nitrogen and oxygen atoms in total. The largest absolute Gasteiger partial charge is 0.488 e. The van der Waals surface area contributed by atoms with Gasteiger partial charge in [0.1, 0.15) is 17.9 Å². The second-order valence-electron chi connectivity index (χ2n) is 7.81. The minimum Gasteiger partial charge on any atom is -0.488 e. The predicted molar refractivity (Wildman–Crippen MR) is 115 cm³/mol. The molecule has 0 bridgehead atoms. The van der Waals surface area contributed by atoms with E-state index in [1.807, 2.05) is 6.07 Å². The molecule has 0 aromatic carbocycles. The van der Waals surface area contributed by atoms with Crippen LogP contribution < -0.4 is 10.3 Å². The lowest BCUT2D eigenvalue weighted by atomic mass is 10.0. The molecule has 166 valence electrons. The molecule has 1 aliphatic heterocycles. The summed E-state index contributed by atoms with van der Waals surface area (Å²) in [6.45, 7) is 5.47. The highest BCUT2D eigenvalue weighted by Crippen LogP contribution is 2.25. The maximum absolute atomic E-state index is 12.8. The molecule has 3 heterocycles. The van der Waals surface area contributed by atoms with Gasteiger partial charge in [-0.3, -0.25) is 14.6 Å². The molecule has 0 fully saturated rings. The lowest BCUT2D eigenvalue weighted by Crippen LogP contribution is -2.35. The first-order valence-electron chi connectivity index (χ1n) is 10.6. The van der Waals surface area contributed by atoms with E-state index in [2.05, 4.69) is 18.8 Å². The van der Waals surface area contributed by atoms with Crippen molar-refractivity contribution in [1.29, 1.82) is 0 Å². The van der Waals surface area contributed by atoms with Gasteiger partial charge in [0, 0.05) is 62.2 Å². The number of hydrogen-bond acceptors (Lipinski definition) is 6. The van der Waals surface area contributed by atoms with Crippen LogP contribution in [-0.2, 0) is 29.1 Å². The van der Waals surface area contributed by atoms with Crippen LogP contribution in [0.4, 0.5) is 0 Å². The van der Waals surface area contributed by atoms with Crippen molar-refractivity contribution in [2.24, 2.45) is 5.92 Å². The van der Waals surface area contributed by atoms with Crippen molar-refractivity contribution in [3.05, 3.63) is 57.8 Å². The topological polar surface area (TPSA) is 90.7 Å². The zero-order valence-corrected chi connectivity index (χ0v) is 18.3. The molecule has 0 saturated carbocycles. The van der Waals surface area contributed by atoms with Gasteiger partial charge >= 0.3 is 5.97 Å². The summed E-state index contributed by atoms with van der Waals surface area (Å²) in [4.78, 5) is 44.0. The van der Waals surface area contributed by atoms with E-state index in [9.17, 15) is 14.4 Å². The van der Waals surface area contributed by atoms with Crippen LogP contribution in [-0.4, -0.2) is 46.5 Å². The van der Waals surface area contributed by atoms with E-state index in [0.29, 0.717) is 44.1 Å². The van der Waals surface area contributed by atoms with Gasteiger partial charge in [-0.2, -0.15) is 0 Å². The zero-order chi connectivity index (χ0) is 22.4. The Labute approximate surface area is 181 Å². The molecular weight excluding hydrogens is 398 g/mol. The minimum absolute atomic E-state index is 0.0721. The maximum Gasteiger partial charge on any atom is 0.343 e. The van der Waals surface area contributed by atoms with E-state index in [4.69, 9.17) is 9.47 Å². The number of methoxy groups -OCH3 is 1. The van der Waals surface area contributed by atoms with Crippen LogP contribution in [0.3, 0.4) is 0 Å². The Balaban J connectivity index is 1.89. The van der Waals surface area contributed by atoms with E-state index in [1.165, 1.54) is 13.2 Å². The number of aromatic nitrogens is 2. The van der Waals surface area contributed by atoms with Crippen molar-refractivity contribution in [3.8, 4) is 5.75 Å². The third-order valence-corrected chi connectivity index (χ3v) is 5.67. The molecular formula is C23H29N3O5. The van der Waals surface area contributed by atoms with Crippen molar-refractivity contribution in [2.75, 3.05) is 20.2 Å². The molecule has 2 aromatic rings. The smallest absolute Gasteiger partial charge is 0.343 e. The van der Waals surface area contributed by atoms with E-state index < -0.39 is 5.97 Å². The van der Waals surface area contributed by atoms with Gasteiger partial charge in [-0.1, -0.05) is 26.3 Å². The monoisotopic (exact) mass is 427 g/mol. The SMILES string of the molecule is CC[C@@H](C)CC(=O)N1CCc2c(C(=O)OC)c(OCc3cccnc3)cc(=O)n2CC1. The van der Waals surface area contributed by atoms with Crippen LogP contribution in [0.2, 0.25) is 0 Å². The summed E-state index contributed by atoms with van der Waals surface area (Å²) in [6, 6.07) is 4.96. The molecule has 0 saturated heterocycles. The number of hydrogen-bond donors (Lipinski definition) is 0. The first-order valence-corrected chi connectivity index (χ1v) is 10.6. The van der Waals surface area contributed by atoms with Crippen LogP contribution >= 0.6 is 0 Å². The van der Waals surface area contributed by atoms with Crippen molar-refractivity contribution < 1.29 is 19.1 Å². The molecule has 1 amide bonds. The number of esters is 1. The summed E-state index contributed by atoms with van der Waals surface area (Å²) in [6.07, 6.45) is 5.10. The van der Waals surface area contributed by atoms with E-state index in [1.54, 1.807) is 27.9 Å². The number of carbonyl (C=O) groups is 2. The van der Waals surface area contributed by atoms with Gasteiger partial charge in [-0.25, -0.2) is 4.79 Å². The molecule has 8 heteroatoms. The van der Waals surface area contributed by atoms with Crippen LogP contribution in [0.15, 0.2) is 35.4 Å².